The molecule has 4 heteroatoms. The van der Waals surface area contributed by atoms with Gasteiger partial charge >= 0.3 is 418 Å². The van der Waals surface area contributed by atoms with E-state index in [4.69, 9.17) is 0 Å². The van der Waals surface area contributed by atoms with E-state index in [1.165, 1.54) is 100 Å². The molecule has 0 aromatic heterocycles. The van der Waals surface area contributed by atoms with Crippen LogP contribution in [0, 0.1) is 11.8 Å². The van der Waals surface area contributed by atoms with Crippen molar-refractivity contribution in [3.63, 3.8) is 0 Å². The first-order chi connectivity index (χ1) is 32.9. The molecule has 8 aromatic rings. The molecule has 2 unspecified atom stereocenters. The molecule has 0 saturated carbocycles. The Hall–Kier alpha value is -5.08. The van der Waals surface area contributed by atoms with E-state index in [-0.39, 0.29) is 7.25 Å². The fraction of sp³-hybridized carbons (Fsp3) is 0.188. The zero-order valence-electron chi connectivity index (χ0n) is 40.2. The Morgan fingerprint density at radius 2 is 0.676 bits per heavy atom. The summed E-state index contributed by atoms with van der Waals surface area (Å²) in [6, 6.07) is 71.3. The fourth-order valence-electron chi connectivity index (χ4n) is 11.9. The Morgan fingerprint density at radius 3 is 0.985 bits per heavy atom. The van der Waals surface area contributed by atoms with Gasteiger partial charge in [0.2, 0.25) is 0 Å². The van der Waals surface area contributed by atoms with Gasteiger partial charge in [-0.2, -0.15) is 0 Å². The number of hydrogen-bond acceptors (Lipinski definition) is 0. The summed E-state index contributed by atoms with van der Waals surface area (Å²) in [6.45, 7) is 14.4. The number of benzene rings is 8. The predicted molar refractivity (Wildman–Crippen MR) is 296 cm³/mol. The summed E-state index contributed by atoms with van der Waals surface area (Å²) in [6.07, 6.45) is 7.02. The van der Waals surface area contributed by atoms with Crippen LogP contribution in [0.1, 0.15) is 70.0 Å². The molecule has 8 aromatic carbocycles. The number of hydrogen-bond donors (Lipinski definition) is 0. The molecule has 2 aliphatic rings. The van der Waals surface area contributed by atoms with E-state index in [1.54, 1.807) is 0 Å². The molecule has 10 rings (SSSR count). The molecule has 0 fully saturated rings. The summed E-state index contributed by atoms with van der Waals surface area (Å²) in [4.78, 5) is 0. The van der Waals surface area contributed by atoms with Crippen LogP contribution in [0.15, 0.2) is 205 Å². The van der Waals surface area contributed by atoms with E-state index >= 15 is 0 Å². The third-order valence-electron chi connectivity index (χ3n) is 14.8. The van der Waals surface area contributed by atoms with E-state index < -0.39 is 21.5 Å². The number of fused-ring (bicyclic) bond motifs is 2. The van der Waals surface area contributed by atoms with E-state index in [0.29, 0.717) is 11.8 Å². The molecule has 0 amide bonds. The van der Waals surface area contributed by atoms with Crippen molar-refractivity contribution in [2.45, 2.75) is 60.9 Å². The molecule has 0 spiro atoms. The van der Waals surface area contributed by atoms with Crippen LogP contribution in [0.3, 0.4) is 0 Å². The zero-order valence-corrected chi connectivity index (χ0v) is 45.3. The van der Waals surface area contributed by atoms with Crippen LogP contribution in [0.4, 0.5) is 0 Å². The minimum atomic E-state index is -5.30. The summed E-state index contributed by atoms with van der Waals surface area (Å²) in [5, 5.41) is 0. The Balaban J connectivity index is 1.26. The zero-order chi connectivity index (χ0) is 47.2. The fourth-order valence-corrected chi connectivity index (χ4v) is 43.3. The first kappa shape index (κ1) is 46.6. The molecule has 0 saturated heterocycles. The van der Waals surface area contributed by atoms with E-state index in [1.807, 2.05) is 0 Å². The summed E-state index contributed by atoms with van der Waals surface area (Å²) < 4.78 is -0.0895. The third-order valence-corrected chi connectivity index (χ3v) is 66.7. The number of allylic oxidation sites excluding steroid dienone is 2. The second-order valence-electron chi connectivity index (χ2n) is 20.4. The molecule has 0 nitrogen and oxygen atoms in total. The SMILES string of the molecule is CC(C)CC1=Cc2c(ccc(-c3ccccc3)c2-c2ccccc2-c2ccccc2)[CH]1[Zr]([Cl])([Cl])([CH]1C(CC(C)C)=Cc2c1ccc(-c1ccccc1)c2-c1ccccc1-c1ccccc1)[SiH](C)C. The van der Waals surface area contributed by atoms with Crippen molar-refractivity contribution in [3.05, 3.63) is 228 Å². The molecule has 68 heavy (non-hydrogen) atoms. The Kier molecular flexibility index (Phi) is 13.0. The van der Waals surface area contributed by atoms with Crippen LogP contribution in [0.2, 0.25) is 13.1 Å². The molecule has 2 atom stereocenters. The van der Waals surface area contributed by atoms with Gasteiger partial charge in [0.1, 0.15) is 0 Å². The van der Waals surface area contributed by atoms with Crippen molar-refractivity contribution in [3.8, 4) is 66.8 Å². The molecular weight excluding hydrogens is 959 g/mol. The van der Waals surface area contributed by atoms with Crippen molar-refractivity contribution in [2.24, 2.45) is 11.8 Å². The van der Waals surface area contributed by atoms with Gasteiger partial charge < -0.3 is 0 Å². The first-order valence-corrected chi connectivity index (χ1v) is 41.0. The van der Waals surface area contributed by atoms with Gasteiger partial charge in [-0.05, 0) is 0 Å². The summed E-state index contributed by atoms with van der Waals surface area (Å²) in [5.74, 6) is -1.05. The van der Waals surface area contributed by atoms with Crippen molar-refractivity contribution < 1.29 is 15.6 Å². The van der Waals surface area contributed by atoms with Gasteiger partial charge in [0.15, 0.2) is 0 Å². The predicted octanol–water partition coefficient (Wildman–Crippen LogP) is 19.3. The quantitative estimate of drug-likeness (QED) is 0.101. The Bertz CT molecular complexity index is 2980. The molecule has 2 aliphatic carbocycles. The van der Waals surface area contributed by atoms with Gasteiger partial charge in [-0.25, -0.2) is 0 Å². The van der Waals surface area contributed by atoms with Crippen molar-refractivity contribution >= 4 is 35.1 Å². The molecule has 0 aliphatic heterocycles. The first-order valence-electron chi connectivity index (χ1n) is 24.7. The number of halogens is 2. The van der Waals surface area contributed by atoms with Gasteiger partial charge in [0.05, 0.1) is 0 Å². The summed E-state index contributed by atoms with van der Waals surface area (Å²) >= 11 is -5.30. The van der Waals surface area contributed by atoms with Crippen molar-refractivity contribution in [2.75, 3.05) is 0 Å². The van der Waals surface area contributed by atoms with E-state index in [0.717, 1.165) is 12.8 Å². The van der Waals surface area contributed by atoms with Crippen molar-refractivity contribution in [1.82, 2.24) is 0 Å². The van der Waals surface area contributed by atoms with Crippen LogP contribution in [-0.4, -0.2) is 5.92 Å². The van der Waals surface area contributed by atoms with E-state index in [2.05, 4.69) is 247 Å². The molecule has 0 heterocycles. The van der Waals surface area contributed by atoms with Crippen LogP contribution < -0.4 is 0 Å². The maximum absolute atomic E-state index is 9.27. The summed E-state index contributed by atoms with van der Waals surface area (Å²) in [5.41, 5.74) is 22.8. The topological polar surface area (TPSA) is 0 Å². The van der Waals surface area contributed by atoms with Gasteiger partial charge in [-0.1, -0.05) is 0 Å². The maximum atomic E-state index is 9.27. The monoisotopic (exact) mass is 1020 g/mol. The van der Waals surface area contributed by atoms with Gasteiger partial charge in [-0.3, -0.25) is 0 Å². The summed E-state index contributed by atoms with van der Waals surface area (Å²) in [7, 11) is 18.5. The molecule has 339 valence electrons. The van der Waals surface area contributed by atoms with E-state index in [9.17, 15) is 17.0 Å². The minimum absolute atomic E-state index is 0.0448. The third kappa shape index (κ3) is 8.24. The molecular formula is C64H61Cl2SiZr. The number of rotatable bonds is 13. The molecule has 0 radical (unpaired) electrons. The Morgan fingerprint density at radius 1 is 0.382 bits per heavy atom. The second kappa shape index (κ2) is 19.0. The van der Waals surface area contributed by atoms with Crippen LogP contribution >= 0.6 is 17.0 Å². The normalized spacial score (nSPS) is 16.1. The average Bonchev–Trinajstić information content (AvgIpc) is 3.93. The van der Waals surface area contributed by atoms with Crippen LogP contribution in [-0.2, 0) is 15.6 Å². The van der Waals surface area contributed by atoms with Gasteiger partial charge in [0, 0.05) is 0 Å². The average molecular weight is 1020 g/mol. The second-order valence-corrected chi connectivity index (χ2v) is 62.9. The van der Waals surface area contributed by atoms with Gasteiger partial charge in [-0.15, -0.1) is 0 Å². The molecule has 0 N–H and O–H groups in total. The Labute approximate surface area is 414 Å². The van der Waals surface area contributed by atoms with Crippen LogP contribution in [0.25, 0.3) is 78.9 Å². The van der Waals surface area contributed by atoms with Gasteiger partial charge in [0.25, 0.3) is 0 Å². The van der Waals surface area contributed by atoms with Crippen molar-refractivity contribution in [1.29, 1.82) is 0 Å². The molecule has 0 bridgehead atoms. The standard InChI is InChI=1S/2C31H27.C2H7Si.2ClH.Zr/c2*1-22(2)19-23-20-26-17-18-28(25-13-7-4-8-14-25)31(30(26)21-23)29-16-10-9-15-27(29)24-11-5-3-6-12-24;1-3-2;;;/h2*3-18,20-22H,19H2,1-2H3;3H,1-2H3;2*1H;/q;;;;;+2/p-2. The van der Waals surface area contributed by atoms with Crippen LogP contribution in [0.5, 0.6) is 0 Å².